The fraction of sp³-hybridized carbons (Fsp3) is 0.316. The number of ketones is 1. The third-order valence-corrected chi connectivity index (χ3v) is 4.03. The molecule has 0 N–H and O–H groups in total. The van der Waals surface area contributed by atoms with Crippen molar-refractivity contribution in [3.8, 4) is 5.75 Å². The summed E-state index contributed by atoms with van der Waals surface area (Å²) < 4.78 is 5.80. The second-order valence-electron chi connectivity index (χ2n) is 5.93. The van der Waals surface area contributed by atoms with Gasteiger partial charge in [-0.05, 0) is 18.1 Å². The predicted octanol–water partition coefficient (Wildman–Crippen LogP) is 4.24. The molecule has 0 aromatic heterocycles. The maximum Gasteiger partial charge on any atom is 0.165 e. The van der Waals surface area contributed by atoms with Crippen molar-refractivity contribution in [2.75, 3.05) is 6.61 Å². The second kappa shape index (κ2) is 5.72. The zero-order valence-corrected chi connectivity index (χ0v) is 12.5. The van der Waals surface area contributed by atoms with Gasteiger partial charge in [-0.3, -0.25) is 4.79 Å². The number of carbonyl (C=O) groups is 1. The zero-order valence-electron chi connectivity index (χ0n) is 12.5. The van der Waals surface area contributed by atoms with Crippen molar-refractivity contribution in [2.45, 2.75) is 26.2 Å². The predicted molar refractivity (Wildman–Crippen MR) is 84.0 cm³/mol. The van der Waals surface area contributed by atoms with Gasteiger partial charge in [-0.25, -0.2) is 0 Å². The average molecular weight is 280 g/mol. The van der Waals surface area contributed by atoms with Crippen molar-refractivity contribution < 1.29 is 9.53 Å². The van der Waals surface area contributed by atoms with Crippen molar-refractivity contribution in [1.82, 2.24) is 0 Å². The summed E-state index contributed by atoms with van der Waals surface area (Å²) in [6.07, 6.45) is 0.913. The van der Waals surface area contributed by atoms with E-state index in [1.165, 1.54) is 5.56 Å². The summed E-state index contributed by atoms with van der Waals surface area (Å²) in [5.41, 5.74) is 3.21. The Morgan fingerprint density at radius 3 is 2.62 bits per heavy atom. The van der Waals surface area contributed by atoms with Gasteiger partial charge in [-0.15, -0.1) is 0 Å². The Balaban J connectivity index is 1.95. The molecule has 1 heterocycles. The molecular formula is C19H20O2. The number of carbonyl (C=O) groups excluding carboxylic acids is 1. The highest BCUT2D eigenvalue weighted by Crippen LogP contribution is 2.39. The average Bonchev–Trinajstić information content (AvgIpc) is 2.91. The van der Waals surface area contributed by atoms with Crippen LogP contribution < -0.4 is 4.74 Å². The first-order chi connectivity index (χ1) is 10.2. The lowest BCUT2D eigenvalue weighted by molar-refractivity contribution is 0.0938. The first-order valence-electron chi connectivity index (χ1n) is 7.50. The molecule has 2 heteroatoms. The van der Waals surface area contributed by atoms with E-state index in [2.05, 4.69) is 24.3 Å². The molecular weight excluding hydrogens is 260 g/mol. The van der Waals surface area contributed by atoms with E-state index in [1.54, 1.807) is 0 Å². The SMILES string of the molecule is CC(C)C(=O)c1cccc2c1[C@H](Cc1ccccc1)CO2. The van der Waals surface area contributed by atoms with Crippen LogP contribution in [0.25, 0.3) is 0 Å². The van der Waals surface area contributed by atoms with Gasteiger partial charge in [0.1, 0.15) is 5.75 Å². The summed E-state index contributed by atoms with van der Waals surface area (Å²) in [6, 6.07) is 16.2. The molecule has 0 spiro atoms. The zero-order chi connectivity index (χ0) is 14.8. The molecule has 0 unspecified atom stereocenters. The highest BCUT2D eigenvalue weighted by atomic mass is 16.5. The fourth-order valence-corrected chi connectivity index (χ4v) is 2.95. The van der Waals surface area contributed by atoms with E-state index >= 15 is 0 Å². The van der Waals surface area contributed by atoms with E-state index in [9.17, 15) is 4.79 Å². The van der Waals surface area contributed by atoms with Gasteiger partial charge in [0.15, 0.2) is 5.78 Å². The van der Waals surface area contributed by atoms with Crippen LogP contribution in [-0.2, 0) is 6.42 Å². The monoisotopic (exact) mass is 280 g/mol. The summed E-state index contributed by atoms with van der Waals surface area (Å²) in [7, 11) is 0. The minimum absolute atomic E-state index is 0.00877. The highest BCUT2D eigenvalue weighted by molar-refractivity contribution is 5.99. The minimum atomic E-state index is 0.00877. The van der Waals surface area contributed by atoms with Crippen molar-refractivity contribution >= 4 is 5.78 Å². The quantitative estimate of drug-likeness (QED) is 0.783. The Morgan fingerprint density at radius 1 is 1.14 bits per heavy atom. The Bertz CT molecular complexity index is 644. The number of benzene rings is 2. The Morgan fingerprint density at radius 2 is 1.90 bits per heavy atom. The van der Waals surface area contributed by atoms with E-state index in [0.717, 1.165) is 23.3 Å². The largest absolute Gasteiger partial charge is 0.493 e. The fourth-order valence-electron chi connectivity index (χ4n) is 2.95. The van der Waals surface area contributed by atoms with Gasteiger partial charge in [-0.2, -0.15) is 0 Å². The van der Waals surface area contributed by atoms with Crippen molar-refractivity contribution in [2.24, 2.45) is 5.92 Å². The first-order valence-corrected chi connectivity index (χ1v) is 7.50. The molecule has 1 atom stereocenters. The summed E-state index contributed by atoms with van der Waals surface area (Å²) in [5.74, 6) is 1.36. The molecule has 1 aliphatic rings. The van der Waals surface area contributed by atoms with Gasteiger partial charge in [0.05, 0.1) is 6.61 Å². The number of rotatable bonds is 4. The van der Waals surface area contributed by atoms with Crippen LogP contribution in [0.15, 0.2) is 48.5 Å². The molecule has 2 aromatic rings. The number of fused-ring (bicyclic) bond motifs is 1. The third kappa shape index (κ3) is 2.71. The summed E-state index contributed by atoms with van der Waals surface area (Å²) in [6.45, 7) is 4.56. The molecule has 0 saturated carbocycles. The van der Waals surface area contributed by atoms with Crippen molar-refractivity contribution in [3.05, 3.63) is 65.2 Å². The number of Topliss-reactive ketones (excluding diaryl/α,β-unsaturated/α-hetero) is 1. The molecule has 0 aliphatic carbocycles. The number of ether oxygens (including phenoxy) is 1. The molecule has 3 rings (SSSR count). The van der Waals surface area contributed by atoms with Crippen LogP contribution in [-0.4, -0.2) is 12.4 Å². The maximum atomic E-state index is 12.4. The number of hydrogen-bond donors (Lipinski definition) is 0. The van der Waals surface area contributed by atoms with Gasteiger partial charge in [0.25, 0.3) is 0 Å². The lowest BCUT2D eigenvalue weighted by Crippen LogP contribution is -2.13. The van der Waals surface area contributed by atoms with Crippen LogP contribution in [0.1, 0.15) is 41.3 Å². The minimum Gasteiger partial charge on any atom is -0.493 e. The van der Waals surface area contributed by atoms with Crippen LogP contribution in [0.2, 0.25) is 0 Å². The molecule has 0 saturated heterocycles. The van der Waals surface area contributed by atoms with Crippen LogP contribution in [0, 0.1) is 5.92 Å². The van der Waals surface area contributed by atoms with Gasteiger partial charge >= 0.3 is 0 Å². The van der Waals surface area contributed by atoms with Gasteiger partial charge < -0.3 is 4.74 Å². The lowest BCUT2D eigenvalue weighted by Gasteiger charge is -2.14. The molecule has 0 amide bonds. The van der Waals surface area contributed by atoms with Crippen molar-refractivity contribution in [3.63, 3.8) is 0 Å². The lowest BCUT2D eigenvalue weighted by atomic mass is 9.87. The summed E-state index contributed by atoms with van der Waals surface area (Å²) >= 11 is 0. The summed E-state index contributed by atoms with van der Waals surface area (Å²) in [4.78, 5) is 12.4. The van der Waals surface area contributed by atoms with Crippen LogP contribution >= 0.6 is 0 Å². The Labute approximate surface area is 125 Å². The molecule has 2 aromatic carbocycles. The maximum absolute atomic E-state index is 12.4. The smallest absolute Gasteiger partial charge is 0.165 e. The van der Waals surface area contributed by atoms with Gasteiger partial charge in [-0.1, -0.05) is 56.3 Å². The number of hydrogen-bond acceptors (Lipinski definition) is 2. The first kappa shape index (κ1) is 13.9. The van der Waals surface area contributed by atoms with E-state index < -0.39 is 0 Å². The molecule has 0 bridgehead atoms. The van der Waals surface area contributed by atoms with Crippen LogP contribution in [0.5, 0.6) is 5.75 Å². The molecule has 108 valence electrons. The molecule has 0 radical (unpaired) electrons. The van der Waals surface area contributed by atoms with Crippen LogP contribution in [0.3, 0.4) is 0 Å². The molecule has 2 nitrogen and oxygen atoms in total. The van der Waals surface area contributed by atoms with Crippen molar-refractivity contribution in [1.29, 1.82) is 0 Å². The standard InChI is InChI=1S/C19H20O2/c1-13(2)19(20)16-9-6-10-17-18(16)15(12-21-17)11-14-7-4-3-5-8-14/h3-10,13,15H,11-12H2,1-2H3/t15-/m1/s1. The topological polar surface area (TPSA) is 26.3 Å². The molecule has 1 aliphatic heterocycles. The van der Waals surface area contributed by atoms with E-state index in [-0.39, 0.29) is 17.6 Å². The van der Waals surface area contributed by atoms with Crippen LogP contribution in [0.4, 0.5) is 0 Å². The third-order valence-electron chi connectivity index (χ3n) is 4.03. The van der Waals surface area contributed by atoms with Gasteiger partial charge in [0.2, 0.25) is 0 Å². The normalized spacial score (nSPS) is 16.6. The highest BCUT2D eigenvalue weighted by Gasteiger charge is 2.29. The van der Waals surface area contributed by atoms with E-state index in [4.69, 9.17) is 4.74 Å². The van der Waals surface area contributed by atoms with Gasteiger partial charge in [0, 0.05) is 23.0 Å². The summed E-state index contributed by atoms with van der Waals surface area (Å²) in [5, 5.41) is 0. The molecule has 21 heavy (non-hydrogen) atoms. The van der Waals surface area contributed by atoms with E-state index in [1.807, 2.05) is 38.1 Å². The second-order valence-corrected chi connectivity index (χ2v) is 5.93. The van der Waals surface area contributed by atoms with E-state index in [0.29, 0.717) is 6.61 Å². The Kier molecular flexibility index (Phi) is 3.78. The molecule has 0 fully saturated rings. The Hall–Kier alpha value is -2.09.